The smallest absolute Gasteiger partial charge is 0.239 e. The minimum Gasteiger partial charge on any atom is -0.378 e. The molecule has 0 bridgehead atoms. The standard InChI is InChI=1S/C19H22FN3O2/c1-19(2,18(25)22-16-8-6-5-7-15(16)20)17(24)21-13-9-11-14(12-10-13)23(3)4/h5-12H,1-4H3,(H,21,24)(H,22,25). The first-order chi connectivity index (χ1) is 11.7. The van der Waals surface area contributed by atoms with E-state index < -0.39 is 23.0 Å². The lowest BCUT2D eigenvalue weighted by Crippen LogP contribution is -2.41. The number of carbonyl (C=O) groups excluding carboxylic acids is 2. The molecule has 0 unspecified atom stereocenters. The zero-order valence-corrected chi connectivity index (χ0v) is 14.8. The van der Waals surface area contributed by atoms with Crippen LogP contribution in [0.15, 0.2) is 48.5 Å². The van der Waals surface area contributed by atoms with E-state index in [4.69, 9.17) is 0 Å². The summed E-state index contributed by atoms with van der Waals surface area (Å²) >= 11 is 0. The molecule has 0 heterocycles. The van der Waals surface area contributed by atoms with Crippen molar-refractivity contribution in [1.29, 1.82) is 0 Å². The average Bonchev–Trinajstić information content (AvgIpc) is 2.57. The number of amides is 2. The minimum absolute atomic E-state index is 0.0451. The number of nitrogens with zero attached hydrogens (tertiary/aromatic N) is 1. The molecule has 0 radical (unpaired) electrons. The van der Waals surface area contributed by atoms with Crippen LogP contribution in [-0.4, -0.2) is 25.9 Å². The molecule has 2 aromatic carbocycles. The molecule has 2 N–H and O–H groups in total. The highest BCUT2D eigenvalue weighted by molar-refractivity contribution is 6.14. The number of nitrogens with one attached hydrogen (secondary N) is 2. The number of para-hydroxylation sites is 1. The Hall–Kier alpha value is -2.89. The van der Waals surface area contributed by atoms with E-state index >= 15 is 0 Å². The molecule has 0 aromatic heterocycles. The summed E-state index contributed by atoms with van der Waals surface area (Å²) in [6.45, 7) is 2.99. The van der Waals surface area contributed by atoms with E-state index in [0.29, 0.717) is 5.69 Å². The quantitative estimate of drug-likeness (QED) is 0.817. The van der Waals surface area contributed by atoms with E-state index in [0.717, 1.165) is 5.69 Å². The maximum absolute atomic E-state index is 13.7. The molecule has 0 aliphatic heterocycles. The van der Waals surface area contributed by atoms with Crippen molar-refractivity contribution < 1.29 is 14.0 Å². The van der Waals surface area contributed by atoms with Gasteiger partial charge in [-0.15, -0.1) is 0 Å². The fourth-order valence-electron chi connectivity index (χ4n) is 2.07. The van der Waals surface area contributed by atoms with E-state index in [1.807, 2.05) is 31.1 Å². The van der Waals surface area contributed by atoms with Gasteiger partial charge in [0.05, 0.1) is 5.69 Å². The number of halogens is 1. The monoisotopic (exact) mass is 343 g/mol. The molecule has 25 heavy (non-hydrogen) atoms. The molecule has 132 valence electrons. The molecule has 0 atom stereocenters. The zero-order valence-electron chi connectivity index (χ0n) is 14.8. The van der Waals surface area contributed by atoms with Crippen LogP contribution in [0.25, 0.3) is 0 Å². The Bertz CT molecular complexity index is 770. The highest BCUT2D eigenvalue weighted by Crippen LogP contribution is 2.23. The van der Waals surface area contributed by atoms with Crippen molar-refractivity contribution in [2.75, 3.05) is 29.6 Å². The first kappa shape index (κ1) is 18.4. The second-order valence-corrected chi connectivity index (χ2v) is 6.45. The van der Waals surface area contributed by atoms with Crippen molar-refractivity contribution in [2.24, 2.45) is 5.41 Å². The van der Waals surface area contributed by atoms with Crippen molar-refractivity contribution in [3.8, 4) is 0 Å². The Labute approximate surface area is 146 Å². The number of carbonyl (C=O) groups is 2. The van der Waals surface area contributed by atoms with Gasteiger partial charge in [0.2, 0.25) is 11.8 Å². The molecule has 0 aliphatic rings. The summed E-state index contributed by atoms with van der Waals surface area (Å²) in [5, 5.41) is 5.18. The normalized spacial score (nSPS) is 10.9. The fourth-order valence-corrected chi connectivity index (χ4v) is 2.07. The summed E-state index contributed by atoms with van der Waals surface area (Å²) in [6, 6.07) is 13.1. The Morgan fingerprint density at radius 2 is 1.48 bits per heavy atom. The molecule has 0 saturated carbocycles. The molecule has 2 rings (SSSR count). The lowest BCUT2D eigenvalue weighted by Gasteiger charge is -2.23. The molecule has 0 aliphatic carbocycles. The molecular weight excluding hydrogens is 321 g/mol. The molecule has 0 fully saturated rings. The SMILES string of the molecule is CN(C)c1ccc(NC(=O)C(C)(C)C(=O)Nc2ccccc2F)cc1. The number of rotatable bonds is 5. The minimum atomic E-state index is -1.37. The van der Waals surface area contributed by atoms with Crippen molar-refractivity contribution in [3.63, 3.8) is 0 Å². The number of hydrogen-bond donors (Lipinski definition) is 2. The third-order valence-electron chi connectivity index (χ3n) is 3.90. The summed E-state index contributed by atoms with van der Waals surface area (Å²) in [6.07, 6.45) is 0. The number of anilines is 3. The van der Waals surface area contributed by atoms with Gasteiger partial charge in [-0.25, -0.2) is 4.39 Å². The van der Waals surface area contributed by atoms with Gasteiger partial charge in [0.1, 0.15) is 11.2 Å². The van der Waals surface area contributed by atoms with Crippen LogP contribution in [-0.2, 0) is 9.59 Å². The Kier molecular flexibility index (Phi) is 5.41. The zero-order chi connectivity index (χ0) is 18.6. The van der Waals surface area contributed by atoms with Gasteiger partial charge < -0.3 is 15.5 Å². The topological polar surface area (TPSA) is 61.4 Å². The molecule has 0 spiro atoms. The predicted molar refractivity (Wildman–Crippen MR) is 98.2 cm³/mol. The highest BCUT2D eigenvalue weighted by Gasteiger charge is 2.36. The molecule has 0 saturated heterocycles. The van der Waals surface area contributed by atoms with Crippen LogP contribution in [0, 0.1) is 11.2 Å². The van der Waals surface area contributed by atoms with E-state index in [2.05, 4.69) is 10.6 Å². The number of hydrogen-bond acceptors (Lipinski definition) is 3. The van der Waals surface area contributed by atoms with Gasteiger partial charge in [0, 0.05) is 25.5 Å². The van der Waals surface area contributed by atoms with Crippen LogP contribution in [0.1, 0.15) is 13.8 Å². The largest absolute Gasteiger partial charge is 0.378 e. The van der Waals surface area contributed by atoms with Crippen LogP contribution in [0.5, 0.6) is 0 Å². The summed E-state index contributed by atoms with van der Waals surface area (Å²) in [5.74, 6) is -1.61. The first-order valence-corrected chi connectivity index (χ1v) is 7.86. The van der Waals surface area contributed by atoms with Crippen molar-refractivity contribution in [3.05, 3.63) is 54.3 Å². The fraction of sp³-hybridized carbons (Fsp3) is 0.263. The second kappa shape index (κ2) is 7.34. The van der Waals surface area contributed by atoms with Crippen molar-refractivity contribution >= 4 is 28.9 Å². The van der Waals surface area contributed by atoms with Crippen LogP contribution in [0.3, 0.4) is 0 Å². The van der Waals surface area contributed by atoms with Crippen molar-refractivity contribution in [1.82, 2.24) is 0 Å². The van der Waals surface area contributed by atoms with Crippen molar-refractivity contribution in [2.45, 2.75) is 13.8 Å². The lowest BCUT2D eigenvalue weighted by atomic mass is 9.90. The van der Waals surface area contributed by atoms with E-state index in [-0.39, 0.29) is 5.69 Å². The van der Waals surface area contributed by atoms with E-state index in [1.165, 1.54) is 32.0 Å². The summed E-state index contributed by atoms with van der Waals surface area (Å²) < 4.78 is 13.7. The lowest BCUT2D eigenvalue weighted by molar-refractivity contribution is -0.135. The summed E-state index contributed by atoms with van der Waals surface area (Å²) in [4.78, 5) is 26.9. The van der Waals surface area contributed by atoms with Gasteiger partial charge in [0.25, 0.3) is 0 Å². The molecule has 6 heteroatoms. The Morgan fingerprint density at radius 1 is 0.920 bits per heavy atom. The Morgan fingerprint density at radius 3 is 2.04 bits per heavy atom. The van der Waals surface area contributed by atoms with Crippen LogP contribution in [0.4, 0.5) is 21.5 Å². The van der Waals surface area contributed by atoms with Crippen LogP contribution < -0.4 is 15.5 Å². The summed E-state index contributed by atoms with van der Waals surface area (Å²) in [7, 11) is 3.84. The molecule has 2 aromatic rings. The average molecular weight is 343 g/mol. The third-order valence-corrected chi connectivity index (χ3v) is 3.90. The van der Waals surface area contributed by atoms with Gasteiger partial charge in [-0.2, -0.15) is 0 Å². The number of benzene rings is 2. The molecular formula is C19H22FN3O2. The van der Waals surface area contributed by atoms with Crippen LogP contribution in [0.2, 0.25) is 0 Å². The van der Waals surface area contributed by atoms with Gasteiger partial charge >= 0.3 is 0 Å². The maximum atomic E-state index is 13.7. The van der Waals surface area contributed by atoms with Gasteiger partial charge in [0.15, 0.2) is 0 Å². The maximum Gasteiger partial charge on any atom is 0.239 e. The third kappa shape index (κ3) is 4.35. The second-order valence-electron chi connectivity index (χ2n) is 6.45. The van der Waals surface area contributed by atoms with Gasteiger partial charge in [-0.05, 0) is 50.2 Å². The van der Waals surface area contributed by atoms with Crippen LogP contribution >= 0.6 is 0 Å². The highest BCUT2D eigenvalue weighted by atomic mass is 19.1. The summed E-state index contributed by atoms with van der Waals surface area (Å²) in [5.41, 5.74) is 0.253. The Balaban J connectivity index is 2.08. The van der Waals surface area contributed by atoms with E-state index in [1.54, 1.807) is 18.2 Å². The van der Waals surface area contributed by atoms with Gasteiger partial charge in [-0.1, -0.05) is 12.1 Å². The molecule has 2 amide bonds. The first-order valence-electron chi connectivity index (χ1n) is 7.86. The predicted octanol–water partition coefficient (Wildman–Crippen LogP) is 3.50. The van der Waals surface area contributed by atoms with E-state index in [9.17, 15) is 14.0 Å². The molecule has 5 nitrogen and oxygen atoms in total. The van der Waals surface area contributed by atoms with Gasteiger partial charge in [-0.3, -0.25) is 9.59 Å².